The molecule has 0 fully saturated rings. The van der Waals surface area contributed by atoms with Gasteiger partial charge in [-0.15, -0.1) is 0 Å². The van der Waals surface area contributed by atoms with Crippen molar-refractivity contribution in [3.05, 3.63) is 47.5 Å². The molecule has 0 heterocycles. The van der Waals surface area contributed by atoms with Crippen LogP contribution in [0.2, 0.25) is 0 Å². The number of benzene rings is 2. The van der Waals surface area contributed by atoms with Crippen molar-refractivity contribution in [1.82, 2.24) is 0 Å². The van der Waals surface area contributed by atoms with Crippen LogP contribution >= 0.6 is 0 Å². The summed E-state index contributed by atoms with van der Waals surface area (Å²) >= 11 is 0. The molecule has 0 aliphatic rings. The molecule has 0 saturated carbocycles. The molecule has 0 atom stereocenters. The van der Waals surface area contributed by atoms with Gasteiger partial charge in [-0.2, -0.15) is 0 Å². The van der Waals surface area contributed by atoms with E-state index in [1.54, 1.807) is 32.0 Å². The van der Waals surface area contributed by atoms with E-state index in [1.807, 2.05) is 26.0 Å². The number of nitrogens with two attached hydrogens (primary N) is 2. The van der Waals surface area contributed by atoms with Crippen LogP contribution in [0.25, 0.3) is 11.1 Å². The van der Waals surface area contributed by atoms with Gasteiger partial charge in [-0.05, 0) is 12.1 Å². The summed E-state index contributed by atoms with van der Waals surface area (Å²) in [5.74, 6) is -0.663. The molecule has 0 saturated heterocycles. The molecule has 0 amide bonds. The SMILES string of the molecule is CC(C)C(=O)c1c[c]c(N)c(C(=O)C(C)C)c1-c1ccccc1N. The highest BCUT2D eigenvalue weighted by Crippen LogP contribution is 2.37. The number of Topliss-reactive ketones (excluding diaryl/α,β-unsaturated/α-hetero) is 2. The Kier molecular flexibility index (Phi) is 5.07. The summed E-state index contributed by atoms with van der Waals surface area (Å²) < 4.78 is 0. The first-order valence-electron chi connectivity index (χ1n) is 8.03. The monoisotopic (exact) mass is 323 g/mol. The van der Waals surface area contributed by atoms with Crippen molar-refractivity contribution in [2.45, 2.75) is 27.7 Å². The number of rotatable bonds is 5. The van der Waals surface area contributed by atoms with E-state index in [9.17, 15) is 9.59 Å². The molecule has 0 unspecified atom stereocenters. The molecule has 125 valence electrons. The van der Waals surface area contributed by atoms with Crippen LogP contribution in [0.15, 0.2) is 30.3 Å². The molecule has 0 aliphatic carbocycles. The molecule has 4 nitrogen and oxygen atoms in total. The molecule has 2 rings (SSSR count). The predicted octanol–water partition coefficient (Wildman–Crippen LogP) is 4.00. The highest BCUT2D eigenvalue weighted by molar-refractivity contribution is 6.14. The summed E-state index contributed by atoms with van der Waals surface area (Å²) in [6.45, 7) is 7.25. The van der Waals surface area contributed by atoms with Gasteiger partial charge in [-0.1, -0.05) is 45.9 Å². The van der Waals surface area contributed by atoms with Crippen molar-refractivity contribution >= 4 is 22.9 Å². The fraction of sp³-hybridized carbons (Fsp3) is 0.300. The average molecular weight is 323 g/mol. The predicted molar refractivity (Wildman–Crippen MR) is 97.9 cm³/mol. The largest absolute Gasteiger partial charge is 0.398 e. The van der Waals surface area contributed by atoms with E-state index in [1.165, 1.54) is 0 Å². The van der Waals surface area contributed by atoms with Crippen molar-refractivity contribution < 1.29 is 9.59 Å². The van der Waals surface area contributed by atoms with Crippen molar-refractivity contribution in [3.8, 4) is 11.1 Å². The highest BCUT2D eigenvalue weighted by atomic mass is 16.1. The topological polar surface area (TPSA) is 86.2 Å². The van der Waals surface area contributed by atoms with Crippen LogP contribution in [-0.2, 0) is 0 Å². The number of hydrogen-bond acceptors (Lipinski definition) is 4. The first-order chi connectivity index (χ1) is 11.3. The van der Waals surface area contributed by atoms with Gasteiger partial charge in [0, 0.05) is 40.3 Å². The molecule has 0 spiro atoms. The normalized spacial score (nSPS) is 11.1. The summed E-state index contributed by atoms with van der Waals surface area (Å²) in [6, 6.07) is 11.6. The van der Waals surface area contributed by atoms with E-state index < -0.39 is 0 Å². The molecule has 4 heteroatoms. The van der Waals surface area contributed by atoms with Gasteiger partial charge in [-0.3, -0.25) is 9.59 Å². The zero-order valence-corrected chi connectivity index (χ0v) is 14.5. The Labute approximate surface area is 142 Å². The van der Waals surface area contributed by atoms with E-state index >= 15 is 0 Å². The maximum Gasteiger partial charge on any atom is 0.168 e. The molecule has 2 aromatic carbocycles. The Morgan fingerprint density at radius 3 is 2.08 bits per heavy atom. The number of para-hydroxylation sites is 1. The first kappa shape index (κ1) is 17.7. The summed E-state index contributed by atoms with van der Waals surface area (Å²) in [6.07, 6.45) is 0. The Morgan fingerprint density at radius 2 is 1.54 bits per heavy atom. The van der Waals surface area contributed by atoms with Gasteiger partial charge in [0.15, 0.2) is 11.6 Å². The molecule has 2 aromatic rings. The average Bonchev–Trinajstić information content (AvgIpc) is 2.53. The van der Waals surface area contributed by atoms with Gasteiger partial charge in [0.25, 0.3) is 0 Å². The van der Waals surface area contributed by atoms with Crippen LogP contribution in [0.4, 0.5) is 11.4 Å². The van der Waals surface area contributed by atoms with Crippen LogP contribution < -0.4 is 11.5 Å². The van der Waals surface area contributed by atoms with Gasteiger partial charge >= 0.3 is 0 Å². The lowest BCUT2D eigenvalue weighted by atomic mass is 9.84. The molecule has 1 radical (unpaired) electrons. The van der Waals surface area contributed by atoms with E-state index in [2.05, 4.69) is 6.07 Å². The summed E-state index contributed by atoms with van der Waals surface area (Å²) in [5.41, 5.74) is 14.8. The van der Waals surface area contributed by atoms with Gasteiger partial charge in [0.2, 0.25) is 0 Å². The third-order valence-electron chi connectivity index (χ3n) is 3.95. The molecular weight excluding hydrogens is 300 g/mol. The summed E-state index contributed by atoms with van der Waals surface area (Å²) in [5, 5.41) is 0. The van der Waals surface area contributed by atoms with E-state index in [0.29, 0.717) is 27.9 Å². The fourth-order valence-corrected chi connectivity index (χ4v) is 2.62. The number of carbonyl (C=O) groups is 2. The number of hydrogen-bond donors (Lipinski definition) is 2. The first-order valence-corrected chi connectivity index (χ1v) is 8.03. The van der Waals surface area contributed by atoms with Gasteiger partial charge in [0.05, 0.1) is 11.3 Å². The number of anilines is 2. The lowest BCUT2D eigenvalue weighted by Crippen LogP contribution is -2.17. The van der Waals surface area contributed by atoms with Gasteiger partial charge in [-0.25, -0.2) is 0 Å². The second kappa shape index (κ2) is 6.87. The number of ketones is 2. The van der Waals surface area contributed by atoms with Crippen LogP contribution in [0.1, 0.15) is 48.4 Å². The smallest absolute Gasteiger partial charge is 0.168 e. The molecule has 4 N–H and O–H groups in total. The van der Waals surface area contributed by atoms with Gasteiger partial charge < -0.3 is 11.5 Å². The molecule has 0 aliphatic heterocycles. The lowest BCUT2D eigenvalue weighted by Gasteiger charge is -2.19. The van der Waals surface area contributed by atoms with E-state index in [0.717, 1.165) is 0 Å². The molecule has 0 aromatic heterocycles. The lowest BCUT2D eigenvalue weighted by molar-refractivity contribution is 0.0940. The summed E-state index contributed by atoms with van der Waals surface area (Å²) in [7, 11) is 0. The minimum absolute atomic E-state index is 0.0673. The van der Waals surface area contributed by atoms with Crippen LogP contribution in [0.5, 0.6) is 0 Å². The third kappa shape index (κ3) is 3.18. The number of carbonyl (C=O) groups excluding carboxylic acids is 2. The second-order valence-corrected chi connectivity index (χ2v) is 6.49. The zero-order valence-electron chi connectivity index (χ0n) is 14.5. The fourth-order valence-electron chi connectivity index (χ4n) is 2.62. The van der Waals surface area contributed by atoms with Crippen molar-refractivity contribution in [2.75, 3.05) is 11.5 Å². The Morgan fingerprint density at radius 1 is 0.958 bits per heavy atom. The van der Waals surface area contributed by atoms with Crippen molar-refractivity contribution in [3.63, 3.8) is 0 Å². The van der Waals surface area contributed by atoms with Crippen LogP contribution in [-0.4, -0.2) is 11.6 Å². The van der Waals surface area contributed by atoms with Crippen LogP contribution in [0.3, 0.4) is 0 Å². The van der Waals surface area contributed by atoms with E-state index in [-0.39, 0.29) is 29.1 Å². The Hall–Kier alpha value is -2.62. The maximum absolute atomic E-state index is 12.8. The maximum atomic E-state index is 12.8. The Bertz CT molecular complexity index is 792. The molecular formula is C20H23N2O2. The van der Waals surface area contributed by atoms with Crippen molar-refractivity contribution in [1.29, 1.82) is 0 Å². The second-order valence-electron chi connectivity index (χ2n) is 6.49. The molecule has 24 heavy (non-hydrogen) atoms. The highest BCUT2D eigenvalue weighted by Gasteiger charge is 2.26. The van der Waals surface area contributed by atoms with Crippen LogP contribution in [0, 0.1) is 17.9 Å². The van der Waals surface area contributed by atoms with Gasteiger partial charge in [0.1, 0.15) is 0 Å². The minimum atomic E-state index is -0.256. The zero-order chi connectivity index (χ0) is 18.0. The molecule has 0 bridgehead atoms. The van der Waals surface area contributed by atoms with E-state index in [4.69, 9.17) is 11.5 Å². The van der Waals surface area contributed by atoms with Crippen molar-refractivity contribution in [2.24, 2.45) is 11.8 Å². The Balaban J connectivity index is 2.90. The minimum Gasteiger partial charge on any atom is -0.398 e. The standard InChI is InChI=1S/C20H23N2O2/c1-11(2)19(23)14-9-10-16(22)18(20(24)12(3)4)17(14)13-7-5-6-8-15(13)21/h5-9,11-12H,21-22H2,1-4H3. The summed E-state index contributed by atoms with van der Waals surface area (Å²) in [4.78, 5) is 25.5. The third-order valence-corrected chi connectivity index (χ3v) is 3.95. The quantitative estimate of drug-likeness (QED) is 0.643. The number of nitrogen functional groups attached to an aromatic ring is 2.